The fraction of sp³-hybridized carbons (Fsp3) is 0.890. The number of aliphatic hydroxyl groups is 2. The maximum absolute atomic E-state index is 12.5. The summed E-state index contributed by atoms with van der Waals surface area (Å²) in [5, 5.41) is 23.1. The van der Waals surface area contributed by atoms with Crippen molar-refractivity contribution in [3.63, 3.8) is 0 Å². The molecule has 2 atom stereocenters. The van der Waals surface area contributed by atoms with Gasteiger partial charge in [-0.3, -0.25) is 9.59 Å². The Kier molecular flexibility index (Phi) is 66.9. The Morgan fingerprint density at radius 2 is 0.633 bits per heavy atom. The second kappa shape index (κ2) is 68.6. The Morgan fingerprint density at radius 3 is 0.987 bits per heavy atom. The second-order valence-corrected chi connectivity index (χ2v) is 24.6. The molecule has 0 spiro atoms. The molecule has 0 saturated carbocycles. The fourth-order valence-corrected chi connectivity index (χ4v) is 11.2. The second-order valence-electron chi connectivity index (χ2n) is 24.6. The van der Waals surface area contributed by atoms with Gasteiger partial charge in [-0.25, -0.2) is 0 Å². The number of hydrogen-bond donors (Lipinski definition) is 3. The highest BCUT2D eigenvalue weighted by Gasteiger charge is 2.18. The molecule has 0 saturated heterocycles. The normalized spacial score (nSPS) is 12.7. The Morgan fingerprint density at radius 1 is 0.354 bits per heavy atom. The third kappa shape index (κ3) is 65.1. The molecule has 2 unspecified atom stereocenters. The number of ether oxygens (including phenoxy) is 1. The number of aliphatic hydroxyl groups excluding tert-OH is 2. The summed E-state index contributed by atoms with van der Waals surface area (Å²) in [6.07, 6.45) is 88.2. The highest BCUT2D eigenvalue weighted by Crippen LogP contribution is 2.19. The van der Waals surface area contributed by atoms with Gasteiger partial charge < -0.3 is 20.3 Å². The fourth-order valence-electron chi connectivity index (χ4n) is 11.2. The summed E-state index contributed by atoms with van der Waals surface area (Å²) in [6, 6.07) is -0.622. The van der Waals surface area contributed by atoms with Gasteiger partial charge in [-0.15, -0.1) is 0 Å². The Bertz CT molecular complexity index is 1280. The van der Waals surface area contributed by atoms with Gasteiger partial charge in [0.2, 0.25) is 5.91 Å². The number of allylic oxidation sites excluding steroid dienone is 5. The van der Waals surface area contributed by atoms with Gasteiger partial charge in [-0.2, -0.15) is 0 Å². The number of esters is 1. The van der Waals surface area contributed by atoms with E-state index in [1.165, 1.54) is 315 Å². The van der Waals surface area contributed by atoms with Crippen LogP contribution in [0.25, 0.3) is 0 Å². The molecule has 6 heteroatoms. The Balaban J connectivity index is 3.31. The zero-order valence-electron chi connectivity index (χ0n) is 53.4. The summed E-state index contributed by atoms with van der Waals surface area (Å²) >= 11 is 0. The molecular formula is C73H139NO5. The minimum absolute atomic E-state index is 0.00853. The van der Waals surface area contributed by atoms with Gasteiger partial charge >= 0.3 is 5.97 Å². The molecule has 0 aromatic rings. The smallest absolute Gasteiger partial charge is 0.305 e. The van der Waals surface area contributed by atoms with E-state index in [9.17, 15) is 19.8 Å². The molecule has 0 aliphatic rings. The monoisotopic (exact) mass is 1110 g/mol. The van der Waals surface area contributed by atoms with Crippen LogP contribution in [0.2, 0.25) is 0 Å². The molecule has 0 aromatic carbocycles. The molecule has 0 aliphatic heterocycles. The van der Waals surface area contributed by atoms with Crippen LogP contribution >= 0.6 is 0 Å². The van der Waals surface area contributed by atoms with Crippen molar-refractivity contribution in [3.8, 4) is 0 Å². The van der Waals surface area contributed by atoms with Crippen LogP contribution in [0, 0.1) is 0 Å². The van der Waals surface area contributed by atoms with Crippen molar-refractivity contribution < 1.29 is 24.5 Å². The summed E-state index contributed by atoms with van der Waals surface area (Å²) in [5.74, 6) is -0.0534. The van der Waals surface area contributed by atoms with Crippen molar-refractivity contribution in [2.24, 2.45) is 0 Å². The number of carbonyl (C=O) groups excluding carboxylic acids is 2. The number of rotatable bonds is 67. The summed E-state index contributed by atoms with van der Waals surface area (Å²) < 4.78 is 5.49. The number of unbranched alkanes of at least 4 members (excludes halogenated alkanes) is 52. The number of carbonyl (C=O) groups is 2. The lowest BCUT2D eigenvalue weighted by molar-refractivity contribution is -0.143. The lowest BCUT2D eigenvalue weighted by Crippen LogP contribution is -2.45. The first kappa shape index (κ1) is 77.1. The minimum Gasteiger partial charge on any atom is -0.466 e. The van der Waals surface area contributed by atoms with E-state index in [0.29, 0.717) is 19.4 Å². The number of hydrogen-bond acceptors (Lipinski definition) is 5. The molecule has 466 valence electrons. The van der Waals surface area contributed by atoms with Crippen LogP contribution in [0.4, 0.5) is 0 Å². The predicted octanol–water partition coefficient (Wildman–Crippen LogP) is 23.1. The topological polar surface area (TPSA) is 95.9 Å². The molecule has 0 heterocycles. The van der Waals surface area contributed by atoms with E-state index >= 15 is 0 Å². The molecule has 0 bridgehead atoms. The van der Waals surface area contributed by atoms with E-state index in [4.69, 9.17) is 4.74 Å². The molecular weight excluding hydrogens is 971 g/mol. The largest absolute Gasteiger partial charge is 0.466 e. The maximum atomic E-state index is 12.5. The lowest BCUT2D eigenvalue weighted by Gasteiger charge is -2.20. The van der Waals surface area contributed by atoms with Crippen LogP contribution in [0.15, 0.2) is 36.5 Å². The van der Waals surface area contributed by atoms with Crippen molar-refractivity contribution in [1.29, 1.82) is 0 Å². The van der Waals surface area contributed by atoms with Crippen LogP contribution in [0.1, 0.15) is 393 Å². The average molecular weight is 1110 g/mol. The molecule has 0 radical (unpaired) electrons. The first-order chi connectivity index (χ1) is 39.0. The molecule has 0 aliphatic carbocycles. The molecule has 0 rings (SSSR count). The van der Waals surface area contributed by atoms with Crippen LogP contribution in [-0.2, 0) is 14.3 Å². The van der Waals surface area contributed by atoms with Crippen molar-refractivity contribution in [1.82, 2.24) is 5.32 Å². The third-order valence-corrected chi connectivity index (χ3v) is 16.7. The summed E-state index contributed by atoms with van der Waals surface area (Å²) in [5.41, 5.74) is 0. The van der Waals surface area contributed by atoms with Gasteiger partial charge in [0.05, 0.1) is 25.4 Å². The van der Waals surface area contributed by atoms with E-state index in [0.717, 1.165) is 51.4 Å². The molecule has 79 heavy (non-hydrogen) atoms. The number of nitrogens with one attached hydrogen (secondary N) is 1. The van der Waals surface area contributed by atoms with Crippen molar-refractivity contribution in [3.05, 3.63) is 36.5 Å². The van der Waals surface area contributed by atoms with Crippen molar-refractivity contribution in [2.45, 2.75) is 405 Å². The van der Waals surface area contributed by atoms with E-state index in [1.54, 1.807) is 6.08 Å². The Labute approximate surface area is 494 Å². The first-order valence-electron chi connectivity index (χ1n) is 35.8. The van der Waals surface area contributed by atoms with E-state index in [1.807, 2.05) is 6.08 Å². The van der Waals surface area contributed by atoms with Crippen LogP contribution < -0.4 is 5.32 Å². The minimum atomic E-state index is -0.839. The van der Waals surface area contributed by atoms with Crippen LogP contribution in [0.5, 0.6) is 0 Å². The molecule has 1 amide bonds. The van der Waals surface area contributed by atoms with E-state index in [-0.39, 0.29) is 18.5 Å². The molecule has 6 nitrogen and oxygen atoms in total. The van der Waals surface area contributed by atoms with E-state index in [2.05, 4.69) is 43.5 Å². The summed E-state index contributed by atoms with van der Waals surface area (Å²) in [4.78, 5) is 24.5. The van der Waals surface area contributed by atoms with E-state index < -0.39 is 12.1 Å². The Hall–Kier alpha value is -1.92. The van der Waals surface area contributed by atoms with Gasteiger partial charge in [0.25, 0.3) is 0 Å². The zero-order chi connectivity index (χ0) is 57.1. The van der Waals surface area contributed by atoms with Crippen LogP contribution in [0.3, 0.4) is 0 Å². The highest BCUT2D eigenvalue weighted by molar-refractivity contribution is 5.76. The quantitative estimate of drug-likeness (QED) is 0.0320. The third-order valence-electron chi connectivity index (χ3n) is 16.7. The average Bonchev–Trinajstić information content (AvgIpc) is 3.45. The van der Waals surface area contributed by atoms with Gasteiger partial charge in [-0.1, -0.05) is 352 Å². The maximum Gasteiger partial charge on any atom is 0.305 e. The predicted molar refractivity (Wildman–Crippen MR) is 347 cm³/mol. The number of amides is 1. The standard InChI is InChI=1S/C73H139NO5/c1-3-5-7-9-11-13-15-17-39-43-47-51-55-59-63-67-73(78)79-68-64-60-56-52-48-44-41-38-36-34-32-30-28-26-24-22-20-18-19-21-23-25-27-29-31-33-35-37-40-42-46-50-54-58-62-66-72(77)74-70(69-75)71(76)65-61-57-53-49-45-16-14-12-10-8-6-4-2/h11,13,17,39,61,65,70-71,75-76H,3-10,12,14-16,18-38,40-60,62-64,66-69H2,1-2H3,(H,74,77)/b13-11-,39-17-,65-61+. The van der Waals surface area contributed by atoms with Crippen LogP contribution in [-0.4, -0.2) is 47.4 Å². The zero-order valence-corrected chi connectivity index (χ0v) is 53.4. The molecule has 0 aromatic heterocycles. The van der Waals surface area contributed by atoms with Crippen molar-refractivity contribution in [2.75, 3.05) is 13.2 Å². The summed E-state index contributed by atoms with van der Waals surface area (Å²) in [7, 11) is 0. The van der Waals surface area contributed by atoms with Gasteiger partial charge in [0.1, 0.15) is 0 Å². The highest BCUT2D eigenvalue weighted by atomic mass is 16.5. The lowest BCUT2D eigenvalue weighted by atomic mass is 10.0. The SMILES string of the molecule is CCCCC/C=C\C/C=C\CCCCCCCC(=O)OCCCCCCCCCCCCCCCCCCCCCCCCCCCCCCCCCCCCCC(=O)NC(CO)C(O)/C=C/CCCCCCCCCCCC. The molecule has 0 fully saturated rings. The van der Waals surface area contributed by atoms with Gasteiger partial charge in [0, 0.05) is 12.8 Å². The van der Waals surface area contributed by atoms with Gasteiger partial charge in [0.15, 0.2) is 0 Å². The van der Waals surface area contributed by atoms with Gasteiger partial charge in [-0.05, 0) is 64.2 Å². The summed E-state index contributed by atoms with van der Waals surface area (Å²) in [6.45, 7) is 4.89. The van der Waals surface area contributed by atoms with Crippen molar-refractivity contribution >= 4 is 11.9 Å². The first-order valence-corrected chi connectivity index (χ1v) is 35.8. The molecule has 3 N–H and O–H groups in total.